The fourth-order valence-electron chi connectivity index (χ4n) is 3.83. The second kappa shape index (κ2) is 9.89. The molecule has 1 aromatic heterocycles. The van der Waals surface area contributed by atoms with Gasteiger partial charge in [-0.25, -0.2) is 0 Å². The number of methoxy groups -OCH3 is 2. The number of carbonyl (C=O) groups excluding carboxylic acids is 1. The molecule has 1 aliphatic rings. The van der Waals surface area contributed by atoms with Crippen LogP contribution in [0.1, 0.15) is 38.1 Å². The van der Waals surface area contributed by atoms with Gasteiger partial charge in [0, 0.05) is 18.2 Å². The van der Waals surface area contributed by atoms with Gasteiger partial charge in [0.05, 0.1) is 25.5 Å². The molecule has 0 fully saturated rings. The Morgan fingerprint density at radius 3 is 2.65 bits per heavy atom. The zero-order valence-corrected chi connectivity index (χ0v) is 21.0. The van der Waals surface area contributed by atoms with Gasteiger partial charge in [-0.15, -0.1) is 10.2 Å². The van der Waals surface area contributed by atoms with Gasteiger partial charge in [-0.05, 0) is 37.1 Å². The maximum absolute atomic E-state index is 13.0. The fourth-order valence-corrected chi connectivity index (χ4v) is 4.56. The van der Waals surface area contributed by atoms with Crippen LogP contribution >= 0.6 is 11.8 Å². The zero-order chi connectivity index (χ0) is 24.4. The van der Waals surface area contributed by atoms with Crippen molar-refractivity contribution in [1.29, 1.82) is 0 Å². The zero-order valence-electron chi connectivity index (χ0n) is 20.2. The van der Waals surface area contributed by atoms with Crippen molar-refractivity contribution >= 4 is 23.4 Å². The number of para-hydroxylation sites is 1. The number of amides is 1. The van der Waals surface area contributed by atoms with Crippen molar-refractivity contribution in [2.45, 2.75) is 39.1 Å². The van der Waals surface area contributed by atoms with Gasteiger partial charge < -0.3 is 14.2 Å². The van der Waals surface area contributed by atoms with Crippen molar-refractivity contribution in [2.75, 3.05) is 24.9 Å². The number of anilines is 1. The highest BCUT2D eigenvalue weighted by atomic mass is 32.2. The van der Waals surface area contributed by atoms with Gasteiger partial charge in [0.2, 0.25) is 23.2 Å². The van der Waals surface area contributed by atoms with Crippen LogP contribution in [0.2, 0.25) is 0 Å². The van der Waals surface area contributed by atoms with E-state index in [2.05, 4.69) is 24.0 Å². The SMILES string of the molecule is COc1cccc([C@@H]2Oc3nc(SCC(C)C)nnc3-c3cc(C)ccc3N2C(C)=O)c1OC. The monoisotopic (exact) mass is 480 g/mol. The molecule has 0 saturated heterocycles. The summed E-state index contributed by atoms with van der Waals surface area (Å²) < 4.78 is 17.6. The van der Waals surface area contributed by atoms with Crippen LogP contribution in [-0.4, -0.2) is 41.1 Å². The maximum Gasteiger partial charge on any atom is 0.247 e. The smallest absolute Gasteiger partial charge is 0.247 e. The summed E-state index contributed by atoms with van der Waals surface area (Å²) in [5.74, 6) is 2.45. The van der Waals surface area contributed by atoms with E-state index in [9.17, 15) is 4.79 Å². The lowest BCUT2D eigenvalue weighted by Crippen LogP contribution is -2.36. The van der Waals surface area contributed by atoms with Gasteiger partial charge in [-0.3, -0.25) is 9.69 Å². The molecular weight excluding hydrogens is 452 g/mol. The van der Waals surface area contributed by atoms with Gasteiger partial charge >= 0.3 is 0 Å². The molecule has 8 nitrogen and oxygen atoms in total. The Labute approximate surface area is 203 Å². The summed E-state index contributed by atoms with van der Waals surface area (Å²) in [4.78, 5) is 19.3. The highest BCUT2D eigenvalue weighted by Gasteiger charge is 2.36. The number of aryl methyl sites for hydroxylation is 1. The topological polar surface area (TPSA) is 86.7 Å². The number of hydrogen-bond acceptors (Lipinski definition) is 8. The summed E-state index contributed by atoms with van der Waals surface area (Å²) in [6.45, 7) is 7.76. The molecule has 9 heteroatoms. The summed E-state index contributed by atoms with van der Waals surface area (Å²) in [6, 6.07) is 11.3. The van der Waals surface area contributed by atoms with Crippen LogP contribution in [0.15, 0.2) is 41.6 Å². The molecule has 0 N–H and O–H groups in total. The van der Waals surface area contributed by atoms with E-state index in [1.165, 1.54) is 18.7 Å². The maximum atomic E-state index is 13.0. The minimum atomic E-state index is -0.857. The molecule has 0 radical (unpaired) electrons. The van der Waals surface area contributed by atoms with Gasteiger partial charge in [-0.1, -0.05) is 43.3 Å². The molecule has 1 atom stereocenters. The lowest BCUT2D eigenvalue weighted by Gasteiger charge is -2.31. The Balaban J connectivity index is 1.95. The van der Waals surface area contributed by atoms with Crippen molar-refractivity contribution < 1.29 is 19.0 Å². The Morgan fingerprint density at radius 1 is 1.18 bits per heavy atom. The second-order valence-electron chi connectivity index (χ2n) is 8.42. The van der Waals surface area contributed by atoms with E-state index in [1.54, 1.807) is 25.2 Å². The van der Waals surface area contributed by atoms with Crippen LogP contribution < -0.4 is 19.1 Å². The number of aromatic nitrogens is 3. The number of rotatable bonds is 6. The summed E-state index contributed by atoms with van der Waals surface area (Å²) in [6.07, 6.45) is -0.857. The minimum Gasteiger partial charge on any atom is -0.493 e. The van der Waals surface area contributed by atoms with Crippen molar-refractivity contribution in [3.63, 3.8) is 0 Å². The van der Waals surface area contributed by atoms with E-state index < -0.39 is 6.23 Å². The molecule has 1 aliphatic heterocycles. The molecule has 0 spiro atoms. The molecule has 1 amide bonds. The van der Waals surface area contributed by atoms with Crippen LogP contribution in [0.3, 0.4) is 0 Å². The Kier molecular flexibility index (Phi) is 6.92. The van der Waals surface area contributed by atoms with Crippen LogP contribution in [-0.2, 0) is 4.79 Å². The minimum absolute atomic E-state index is 0.199. The number of ether oxygens (including phenoxy) is 3. The number of hydrogen-bond donors (Lipinski definition) is 0. The molecule has 0 unspecified atom stereocenters. The van der Waals surface area contributed by atoms with Crippen molar-refractivity contribution in [3.05, 3.63) is 47.5 Å². The first-order valence-corrected chi connectivity index (χ1v) is 12.0. The lowest BCUT2D eigenvalue weighted by atomic mass is 10.0. The molecule has 178 valence electrons. The van der Waals surface area contributed by atoms with E-state index >= 15 is 0 Å². The van der Waals surface area contributed by atoms with Crippen LogP contribution in [0, 0.1) is 12.8 Å². The molecular formula is C25H28N4O4S. The predicted octanol–water partition coefficient (Wildman–Crippen LogP) is 5.06. The van der Waals surface area contributed by atoms with Crippen LogP contribution in [0.4, 0.5) is 5.69 Å². The quantitative estimate of drug-likeness (QED) is 0.453. The Morgan fingerprint density at radius 2 is 1.97 bits per heavy atom. The summed E-state index contributed by atoms with van der Waals surface area (Å²) in [5, 5.41) is 9.34. The molecule has 0 aliphatic carbocycles. The van der Waals surface area contributed by atoms with E-state index in [-0.39, 0.29) is 5.91 Å². The Hall–Kier alpha value is -3.33. The number of carbonyl (C=O) groups is 1. The number of benzene rings is 2. The molecule has 4 rings (SSSR count). The lowest BCUT2D eigenvalue weighted by molar-refractivity contribution is -0.118. The van der Waals surface area contributed by atoms with Crippen molar-refractivity contribution in [1.82, 2.24) is 15.2 Å². The van der Waals surface area contributed by atoms with E-state index in [4.69, 9.17) is 19.2 Å². The average Bonchev–Trinajstić information content (AvgIpc) is 2.96. The first-order chi connectivity index (χ1) is 16.3. The highest BCUT2D eigenvalue weighted by Crippen LogP contribution is 2.46. The third-order valence-corrected chi connectivity index (χ3v) is 6.61. The largest absolute Gasteiger partial charge is 0.493 e. The third-order valence-electron chi connectivity index (χ3n) is 5.34. The standard InChI is InChI=1S/C25H28N4O4S/c1-14(2)13-34-25-26-23-21(27-28-25)18-12-15(3)10-11-19(18)29(16(4)30)24(33-23)17-8-7-9-20(31-5)22(17)32-6/h7-12,14,24H,13H2,1-6H3/t24-/m0/s1. The highest BCUT2D eigenvalue weighted by molar-refractivity contribution is 7.99. The first kappa shape index (κ1) is 23.8. The third kappa shape index (κ3) is 4.52. The van der Waals surface area contributed by atoms with E-state index in [0.717, 1.165) is 16.9 Å². The Bertz CT molecular complexity index is 1220. The van der Waals surface area contributed by atoms with Crippen LogP contribution in [0.25, 0.3) is 11.3 Å². The van der Waals surface area contributed by atoms with Crippen molar-refractivity contribution in [2.24, 2.45) is 5.92 Å². The molecule has 34 heavy (non-hydrogen) atoms. The normalized spacial score (nSPS) is 14.7. The molecule has 2 aromatic carbocycles. The number of fused-ring (bicyclic) bond motifs is 3. The summed E-state index contributed by atoms with van der Waals surface area (Å²) in [5.41, 5.74) is 3.53. The van der Waals surface area contributed by atoms with Gasteiger partial charge in [0.1, 0.15) is 0 Å². The van der Waals surface area contributed by atoms with E-state index in [1.807, 2.05) is 37.3 Å². The van der Waals surface area contributed by atoms with Gasteiger partial charge in [-0.2, -0.15) is 4.98 Å². The first-order valence-electron chi connectivity index (χ1n) is 11.0. The predicted molar refractivity (Wildman–Crippen MR) is 132 cm³/mol. The molecule has 2 heterocycles. The van der Waals surface area contributed by atoms with Crippen LogP contribution in [0.5, 0.6) is 17.4 Å². The summed E-state index contributed by atoms with van der Waals surface area (Å²) in [7, 11) is 3.13. The van der Waals surface area contributed by atoms with Gasteiger partial charge in [0.25, 0.3) is 0 Å². The number of thioether (sulfide) groups is 1. The molecule has 0 bridgehead atoms. The van der Waals surface area contributed by atoms with Gasteiger partial charge in [0.15, 0.2) is 17.2 Å². The number of nitrogens with zero attached hydrogens (tertiary/aromatic N) is 4. The molecule has 3 aromatic rings. The average molecular weight is 481 g/mol. The fraction of sp³-hybridized carbons (Fsp3) is 0.360. The van der Waals surface area contributed by atoms with Crippen molar-refractivity contribution in [3.8, 4) is 28.6 Å². The molecule has 0 saturated carbocycles. The van der Waals surface area contributed by atoms with E-state index in [0.29, 0.717) is 45.4 Å². The second-order valence-corrected chi connectivity index (χ2v) is 9.40. The summed E-state index contributed by atoms with van der Waals surface area (Å²) >= 11 is 1.52.